The Morgan fingerprint density at radius 1 is 0.853 bits per heavy atom. The third kappa shape index (κ3) is 5.71. The summed E-state index contributed by atoms with van der Waals surface area (Å²) in [7, 11) is 0. The highest BCUT2D eigenvalue weighted by Crippen LogP contribution is 2.22. The number of nitrogens with zero attached hydrogens (tertiary/aromatic N) is 3. The number of anilines is 4. The Labute approximate surface area is 204 Å². The van der Waals surface area contributed by atoms with E-state index in [9.17, 15) is 4.79 Å². The summed E-state index contributed by atoms with van der Waals surface area (Å²) in [5.74, 6) is 0.307. The Hall–Kier alpha value is -3.90. The quantitative estimate of drug-likeness (QED) is 0.301. The normalized spacial score (nSPS) is 10.6. The fourth-order valence-corrected chi connectivity index (χ4v) is 3.71. The predicted molar refractivity (Wildman–Crippen MR) is 140 cm³/mol. The van der Waals surface area contributed by atoms with E-state index in [2.05, 4.69) is 39.3 Å². The topological polar surface area (TPSA) is 70.2 Å². The first-order chi connectivity index (χ1) is 16.6. The minimum absolute atomic E-state index is 0.164. The summed E-state index contributed by atoms with van der Waals surface area (Å²) in [5, 5.41) is 6.81. The first-order valence-corrected chi connectivity index (χ1v) is 11.6. The van der Waals surface area contributed by atoms with Crippen LogP contribution in [0.15, 0.2) is 85.1 Å². The zero-order valence-electron chi connectivity index (χ0n) is 19.1. The van der Waals surface area contributed by atoms with Gasteiger partial charge in [0.05, 0.1) is 5.69 Å². The molecule has 0 aliphatic carbocycles. The summed E-state index contributed by atoms with van der Waals surface area (Å²) < 4.78 is 0. The molecule has 1 amide bonds. The van der Waals surface area contributed by atoms with Crippen molar-refractivity contribution < 1.29 is 4.79 Å². The highest BCUT2D eigenvalue weighted by molar-refractivity contribution is 6.30. The van der Waals surface area contributed by atoms with Crippen LogP contribution in [0.1, 0.15) is 24.2 Å². The third-order valence-electron chi connectivity index (χ3n) is 5.45. The molecule has 0 atom stereocenters. The number of carbonyl (C=O) groups excluding carboxylic acids is 1. The molecule has 0 spiro atoms. The maximum absolute atomic E-state index is 12.7. The molecule has 34 heavy (non-hydrogen) atoms. The van der Waals surface area contributed by atoms with E-state index in [0.29, 0.717) is 16.5 Å². The molecule has 4 rings (SSSR count). The number of hydrogen-bond donors (Lipinski definition) is 2. The van der Waals surface area contributed by atoms with Gasteiger partial charge in [-0.2, -0.15) is 0 Å². The highest BCUT2D eigenvalue weighted by Gasteiger charge is 2.08. The van der Waals surface area contributed by atoms with E-state index in [1.54, 1.807) is 18.3 Å². The molecule has 6 nitrogen and oxygen atoms in total. The maximum atomic E-state index is 12.7. The first-order valence-electron chi connectivity index (χ1n) is 11.2. The maximum Gasteiger partial charge on any atom is 0.255 e. The molecule has 7 heteroatoms. The van der Waals surface area contributed by atoms with Crippen molar-refractivity contribution in [3.63, 3.8) is 0 Å². The van der Waals surface area contributed by atoms with E-state index >= 15 is 0 Å². The first kappa shape index (κ1) is 23.3. The van der Waals surface area contributed by atoms with Gasteiger partial charge in [0, 0.05) is 52.5 Å². The van der Waals surface area contributed by atoms with Crippen LogP contribution in [-0.2, 0) is 0 Å². The molecule has 0 fully saturated rings. The number of hydrogen-bond acceptors (Lipinski definition) is 5. The average Bonchev–Trinajstić information content (AvgIpc) is 2.87. The molecular weight excluding hydrogens is 446 g/mol. The van der Waals surface area contributed by atoms with Crippen LogP contribution in [0.5, 0.6) is 0 Å². The van der Waals surface area contributed by atoms with Gasteiger partial charge in [-0.25, -0.2) is 9.97 Å². The standard InChI is InChI=1S/C27H26ClN5O/c1-3-33(4-2)24-15-13-22(14-16-24)30-26(34)20-7-11-23(12-8-20)31-27-29-18-17-25(32-27)19-5-9-21(28)10-6-19/h5-18H,3-4H2,1-2H3,(H,30,34)(H,29,31,32). The van der Waals surface area contributed by atoms with Crippen molar-refractivity contribution in [1.82, 2.24) is 9.97 Å². The average molecular weight is 472 g/mol. The molecule has 0 aliphatic heterocycles. The number of nitrogens with one attached hydrogen (secondary N) is 2. The van der Waals surface area contributed by atoms with Crippen LogP contribution in [0.4, 0.5) is 23.0 Å². The van der Waals surface area contributed by atoms with Crippen LogP contribution in [0.25, 0.3) is 11.3 Å². The van der Waals surface area contributed by atoms with Gasteiger partial charge in [-0.15, -0.1) is 0 Å². The summed E-state index contributed by atoms with van der Waals surface area (Å²) in [4.78, 5) is 23.8. The lowest BCUT2D eigenvalue weighted by atomic mass is 10.1. The highest BCUT2D eigenvalue weighted by atomic mass is 35.5. The monoisotopic (exact) mass is 471 g/mol. The van der Waals surface area contributed by atoms with E-state index in [1.165, 1.54) is 0 Å². The summed E-state index contributed by atoms with van der Waals surface area (Å²) >= 11 is 5.97. The van der Waals surface area contributed by atoms with E-state index in [0.717, 1.165) is 41.4 Å². The van der Waals surface area contributed by atoms with Crippen LogP contribution in [0, 0.1) is 0 Å². The second-order valence-corrected chi connectivity index (χ2v) is 8.08. The number of benzene rings is 3. The number of amides is 1. The Bertz CT molecular complexity index is 1240. The summed E-state index contributed by atoms with van der Waals surface area (Å²) in [5.41, 5.74) is 4.99. The van der Waals surface area contributed by atoms with Crippen molar-refractivity contribution in [2.75, 3.05) is 28.6 Å². The van der Waals surface area contributed by atoms with Crippen molar-refractivity contribution in [2.45, 2.75) is 13.8 Å². The van der Waals surface area contributed by atoms with Gasteiger partial charge in [0.2, 0.25) is 5.95 Å². The molecule has 3 aromatic carbocycles. The van der Waals surface area contributed by atoms with Gasteiger partial charge in [0.1, 0.15) is 0 Å². The summed E-state index contributed by atoms with van der Waals surface area (Å²) in [6.45, 7) is 6.14. The van der Waals surface area contributed by atoms with Gasteiger partial charge in [0.15, 0.2) is 0 Å². The lowest BCUT2D eigenvalue weighted by Crippen LogP contribution is -2.21. The van der Waals surface area contributed by atoms with Crippen LogP contribution in [-0.4, -0.2) is 29.0 Å². The molecule has 0 saturated heterocycles. The van der Waals surface area contributed by atoms with Gasteiger partial charge in [-0.3, -0.25) is 4.79 Å². The summed E-state index contributed by atoms with van der Waals surface area (Å²) in [6.07, 6.45) is 1.70. The Morgan fingerprint density at radius 2 is 1.50 bits per heavy atom. The van der Waals surface area contributed by atoms with E-state index in [1.807, 2.05) is 66.7 Å². The molecule has 1 aromatic heterocycles. The largest absolute Gasteiger partial charge is 0.372 e. The number of aromatic nitrogens is 2. The lowest BCUT2D eigenvalue weighted by Gasteiger charge is -2.21. The fraction of sp³-hybridized carbons (Fsp3) is 0.148. The summed E-state index contributed by atoms with van der Waals surface area (Å²) in [6, 6.07) is 24.4. The zero-order valence-corrected chi connectivity index (χ0v) is 19.9. The smallest absolute Gasteiger partial charge is 0.255 e. The van der Waals surface area contributed by atoms with Crippen molar-refractivity contribution in [2.24, 2.45) is 0 Å². The van der Waals surface area contributed by atoms with Crippen molar-refractivity contribution in [3.05, 3.63) is 95.6 Å². The second-order valence-electron chi connectivity index (χ2n) is 7.65. The predicted octanol–water partition coefficient (Wildman–Crippen LogP) is 6.64. The van der Waals surface area contributed by atoms with Gasteiger partial charge < -0.3 is 15.5 Å². The minimum Gasteiger partial charge on any atom is -0.372 e. The van der Waals surface area contributed by atoms with Crippen molar-refractivity contribution in [3.8, 4) is 11.3 Å². The molecule has 0 radical (unpaired) electrons. The van der Waals surface area contributed by atoms with Crippen LogP contribution >= 0.6 is 11.6 Å². The van der Waals surface area contributed by atoms with Crippen molar-refractivity contribution >= 4 is 40.5 Å². The molecule has 0 unspecified atom stereocenters. The second kappa shape index (κ2) is 10.8. The molecule has 0 saturated carbocycles. The van der Waals surface area contributed by atoms with Gasteiger partial charge in [-0.05, 0) is 80.6 Å². The molecule has 1 heterocycles. The number of carbonyl (C=O) groups is 1. The molecular formula is C27H26ClN5O. The van der Waals surface area contributed by atoms with Crippen LogP contribution in [0.2, 0.25) is 5.02 Å². The van der Waals surface area contributed by atoms with Gasteiger partial charge in [0.25, 0.3) is 5.91 Å². The number of halogens is 1. The minimum atomic E-state index is -0.164. The molecule has 0 bridgehead atoms. The van der Waals surface area contributed by atoms with E-state index < -0.39 is 0 Å². The molecule has 4 aromatic rings. The van der Waals surface area contributed by atoms with Crippen LogP contribution in [0.3, 0.4) is 0 Å². The third-order valence-corrected chi connectivity index (χ3v) is 5.70. The lowest BCUT2D eigenvalue weighted by molar-refractivity contribution is 0.102. The Kier molecular flexibility index (Phi) is 7.40. The SMILES string of the molecule is CCN(CC)c1ccc(NC(=O)c2ccc(Nc3nccc(-c4ccc(Cl)cc4)n3)cc2)cc1. The van der Waals surface area contributed by atoms with E-state index in [-0.39, 0.29) is 5.91 Å². The molecule has 0 aliphatic rings. The molecule has 2 N–H and O–H groups in total. The fourth-order valence-electron chi connectivity index (χ4n) is 3.58. The Morgan fingerprint density at radius 3 is 2.15 bits per heavy atom. The van der Waals surface area contributed by atoms with Gasteiger partial charge in [-0.1, -0.05) is 23.7 Å². The molecule has 172 valence electrons. The van der Waals surface area contributed by atoms with E-state index in [4.69, 9.17) is 11.6 Å². The van der Waals surface area contributed by atoms with Crippen LogP contribution < -0.4 is 15.5 Å². The number of rotatable bonds is 8. The van der Waals surface area contributed by atoms with Crippen molar-refractivity contribution in [1.29, 1.82) is 0 Å². The zero-order chi connectivity index (χ0) is 23.9. The Balaban J connectivity index is 1.40. The van der Waals surface area contributed by atoms with Gasteiger partial charge >= 0.3 is 0 Å².